The van der Waals surface area contributed by atoms with Gasteiger partial charge in [0.05, 0.1) is 19.1 Å². The van der Waals surface area contributed by atoms with E-state index < -0.39 is 28.5 Å². The first-order valence-electron chi connectivity index (χ1n) is 11.5. The molecule has 1 fully saturated rings. The molecule has 2 aromatic carbocycles. The highest BCUT2D eigenvalue weighted by atomic mass is 79.9. The fraction of sp³-hybridized carbons (Fsp3) is 0.440. The van der Waals surface area contributed by atoms with Crippen LogP contribution in [0.1, 0.15) is 38.2 Å². The van der Waals surface area contributed by atoms with Gasteiger partial charge in [-0.1, -0.05) is 40.9 Å². The zero-order valence-corrected chi connectivity index (χ0v) is 22.6. The number of methoxy groups -OCH3 is 1. The van der Waals surface area contributed by atoms with Crippen molar-refractivity contribution in [3.8, 4) is 5.75 Å². The maximum Gasteiger partial charge on any atom is 0.244 e. The van der Waals surface area contributed by atoms with Crippen LogP contribution in [0.4, 0.5) is 5.69 Å². The number of nitrogens with zero attached hydrogens (tertiary/aromatic N) is 2. The predicted octanol–water partition coefficient (Wildman–Crippen LogP) is 3.70. The van der Waals surface area contributed by atoms with E-state index >= 15 is 0 Å². The number of hydrogen-bond acceptors (Lipinski definition) is 5. The molecule has 1 N–H and O–H groups in total. The van der Waals surface area contributed by atoms with Gasteiger partial charge in [0, 0.05) is 17.1 Å². The third-order valence-electron chi connectivity index (χ3n) is 6.17. The highest BCUT2D eigenvalue weighted by molar-refractivity contribution is 9.10. The van der Waals surface area contributed by atoms with Gasteiger partial charge in [-0.3, -0.25) is 13.9 Å². The van der Waals surface area contributed by atoms with Crippen LogP contribution in [0.15, 0.2) is 53.0 Å². The number of anilines is 1. The Hall–Kier alpha value is -2.59. The summed E-state index contributed by atoms with van der Waals surface area (Å²) in [5.41, 5.74) is 1.17. The first-order valence-corrected chi connectivity index (χ1v) is 14.2. The third kappa shape index (κ3) is 7.44. The van der Waals surface area contributed by atoms with Crippen molar-refractivity contribution < 1.29 is 22.7 Å². The number of amides is 2. The molecule has 190 valence electrons. The molecule has 1 atom stereocenters. The molecule has 0 spiro atoms. The van der Waals surface area contributed by atoms with Gasteiger partial charge >= 0.3 is 0 Å². The Labute approximate surface area is 215 Å². The molecule has 0 bridgehead atoms. The third-order valence-corrected chi connectivity index (χ3v) is 7.84. The summed E-state index contributed by atoms with van der Waals surface area (Å²) in [5.74, 6) is -0.0336. The second-order valence-electron chi connectivity index (χ2n) is 8.78. The van der Waals surface area contributed by atoms with Gasteiger partial charge in [-0.15, -0.1) is 0 Å². The Balaban J connectivity index is 1.86. The minimum Gasteiger partial charge on any atom is -0.497 e. The Morgan fingerprint density at radius 2 is 1.69 bits per heavy atom. The predicted molar refractivity (Wildman–Crippen MR) is 140 cm³/mol. The number of carbonyl (C=O) groups is 2. The van der Waals surface area contributed by atoms with E-state index in [9.17, 15) is 18.0 Å². The highest BCUT2D eigenvalue weighted by Gasteiger charge is 2.31. The summed E-state index contributed by atoms with van der Waals surface area (Å²) in [5, 5.41) is 3.05. The topological polar surface area (TPSA) is 96.0 Å². The van der Waals surface area contributed by atoms with Gasteiger partial charge in [0.2, 0.25) is 21.8 Å². The summed E-state index contributed by atoms with van der Waals surface area (Å²) in [6.45, 7) is 1.41. The van der Waals surface area contributed by atoms with Gasteiger partial charge in [0.25, 0.3) is 0 Å². The molecular weight excluding hydrogens is 534 g/mol. The second-order valence-corrected chi connectivity index (χ2v) is 11.6. The Bertz CT molecular complexity index is 1120. The minimum absolute atomic E-state index is 0.109. The number of nitrogens with one attached hydrogen (secondary N) is 1. The van der Waals surface area contributed by atoms with Gasteiger partial charge in [-0.05, 0) is 61.7 Å². The molecule has 0 saturated heterocycles. The largest absolute Gasteiger partial charge is 0.497 e. The lowest BCUT2D eigenvalue weighted by atomic mass is 10.1. The van der Waals surface area contributed by atoms with Crippen molar-refractivity contribution >= 4 is 43.5 Å². The Kier molecular flexibility index (Phi) is 9.18. The summed E-state index contributed by atoms with van der Waals surface area (Å²) in [6, 6.07) is 13.2. The van der Waals surface area contributed by atoms with Crippen LogP contribution in [-0.4, -0.2) is 57.1 Å². The zero-order chi connectivity index (χ0) is 25.6. The highest BCUT2D eigenvalue weighted by Crippen LogP contribution is 2.23. The quantitative estimate of drug-likeness (QED) is 0.473. The second kappa shape index (κ2) is 11.9. The van der Waals surface area contributed by atoms with Crippen molar-refractivity contribution in [2.45, 2.75) is 51.2 Å². The van der Waals surface area contributed by atoms with Crippen LogP contribution in [0.5, 0.6) is 5.75 Å². The molecule has 3 rings (SSSR count). The van der Waals surface area contributed by atoms with Crippen molar-refractivity contribution in [1.29, 1.82) is 0 Å². The van der Waals surface area contributed by atoms with Crippen LogP contribution in [0.25, 0.3) is 0 Å². The van der Waals surface area contributed by atoms with E-state index in [2.05, 4.69) is 21.2 Å². The molecule has 8 nitrogen and oxygen atoms in total. The standard InChI is InChI=1S/C25H32BrN3O5S/c1-18(25(31)27-21-6-4-5-7-21)28(16-19-8-14-23(34-2)15-9-19)24(30)17-29(35(3,32)33)22-12-10-20(26)11-13-22/h8-15,18,21H,4-7,16-17H2,1-3H3,(H,27,31). The SMILES string of the molecule is COc1ccc(CN(C(=O)CN(c2ccc(Br)cc2)S(C)(=O)=O)C(C)C(=O)NC2CCCC2)cc1. The molecule has 0 heterocycles. The normalized spacial score (nSPS) is 14.9. The fourth-order valence-electron chi connectivity index (χ4n) is 4.12. The molecule has 0 radical (unpaired) electrons. The summed E-state index contributed by atoms with van der Waals surface area (Å²) in [7, 11) is -2.18. The summed E-state index contributed by atoms with van der Waals surface area (Å²) < 4.78 is 32.2. The molecule has 2 amide bonds. The van der Waals surface area contributed by atoms with Crippen LogP contribution in [0, 0.1) is 0 Å². The van der Waals surface area contributed by atoms with Crippen molar-refractivity contribution in [2.75, 3.05) is 24.2 Å². The van der Waals surface area contributed by atoms with Gasteiger partial charge < -0.3 is 15.0 Å². The molecule has 1 saturated carbocycles. The number of hydrogen-bond donors (Lipinski definition) is 1. The Morgan fingerprint density at radius 1 is 1.09 bits per heavy atom. The first kappa shape index (κ1) is 27.0. The van der Waals surface area contributed by atoms with E-state index in [-0.39, 0.29) is 18.5 Å². The number of halogens is 1. The molecular formula is C25H32BrN3O5S. The van der Waals surface area contributed by atoms with E-state index in [0.29, 0.717) is 11.4 Å². The average molecular weight is 567 g/mol. The lowest BCUT2D eigenvalue weighted by Gasteiger charge is -2.32. The smallest absolute Gasteiger partial charge is 0.244 e. The van der Waals surface area contributed by atoms with Gasteiger partial charge in [0.1, 0.15) is 18.3 Å². The van der Waals surface area contributed by atoms with E-state index in [0.717, 1.165) is 46.3 Å². The molecule has 0 aliphatic heterocycles. The lowest BCUT2D eigenvalue weighted by Crippen LogP contribution is -2.52. The van der Waals surface area contributed by atoms with Crippen molar-refractivity contribution in [1.82, 2.24) is 10.2 Å². The van der Waals surface area contributed by atoms with E-state index in [4.69, 9.17) is 4.74 Å². The van der Waals surface area contributed by atoms with E-state index in [1.54, 1.807) is 50.4 Å². The molecule has 35 heavy (non-hydrogen) atoms. The summed E-state index contributed by atoms with van der Waals surface area (Å²) in [6.07, 6.45) is 5.06. The maximum atomic E-state index is 13.6. The fourth-order valence-corrected chi connectivity index (χ4v) is 5.24. The van der Waals surface area contributed by atoms with Gasteiger partial charge in [-0.2, -0.15) is 0 Å². The number of benzene rings is 2. The molecule has 10 heteroatoms. The summed E-state index contributed by atoms with van der Waals surface area (Å²) >= 11 is 3.34. The van der Waals surface area contributed by atoms with Crippen molar-refractivity contribution in [3.05, 3.63) is 58.6 Å². The molecule has 1 aliphatic rings. The first-order chi connectivity index (χ1) is 16.6. The van der Waals surface area contributed by atoms with Crippen LogP contribution in [0.2, 0.25) is 0 Å². The maximum absolute atomic E-state index is 13.6. The average Bonchev–Trinajstić information content (AvgIpc) is 3.34. The van der Waals surface area contributed by atoms with Gasteiger partial charge in [-0.25, -0.2) is 8.42 Å². The van der Waals surface area contributed by atoms with Crippen LogP contribution >= 0.6 is 15.9 Å². The number of carbonyl (C=O) groups excluding carboxylic acids is 2. The number of sulfonamides is 1. The van der Waals surface area contributed by atoms with Crippen LogP contribution in [0.3, 0.4) is 0 Å². The molecule has 1 aliphatic carbocycles. The van der Waals surface area contributed by atoms with E-state index in [1.807, 2.05) is 12.1 Å². The Morgan fingerprint density at radius 3 is 2.23 bits per heavy atom. The zero-order valence-electron chi connectivity index (χ0n) is 20.2. The van der Waals surface area contributed by atoms with Crippen LogP contribution in [-0.2, 0) is 26.2 Å². The number of ether oxygens (including phenoxy) is 1. The van der Waals surface area contributed by atoms with E-state index in [1.165, 1.54) is 4.90 Å². The monoisotopic (exact) mass is 565 g/mol. The molecule has 2 aromatic rings. The van der Waals surface area contributed by atoms with Crippen molar-refractivity contribution in [2.24, 2.45) is 0 Å². The summed E-state index contributed by atoms with van der Waals surface area (Å²) in [4.78, 5) is 28.1. The van der Waals surface area contributed by atoms with Gasteiger partial charge in [0.15, 0.2) is 0 Å². The lowest BCUT2D eigenvalue weighted by molar-refractivity contribution is -0.139. The minimum atomic E-state index is -3.75. The molecule has 1 unspecified atom stereocenters. The molecule has 0 aromatic heterocycles. The number of rotatable bonds is 10. The van der Waals surface area contributed by atoms with Crippen LogP contribution < -0.4 is 14.4 Å². The van der Waals surface area contributed by atoms with Crippen molar-refractivity contribution in [3.63, 3.8) is 0 Å².